The number of carbonyl (C=O) groups excluding carboxylic acids is 1. The zero-order valence-electron chi connectivity index (χ0n) is 18.0. The van der Waals surface area contributed by atoms with Gasteiger partial charge in [-0.25, -0.2) is 9.97 Å². The Bertz CT molecular complexity index is 1580. The van der Waals surface area contributed by atoms with Crippen LogP contribution in [0.5, 0.6) is 0 Å². The average molecular weight is 483 g/mol. The number of thiophene rings is 1. The number of benzene rings is 2. The molecule has 5 N–H and O–H groups in total. The molecular formula is C25H18N6OS2. The van der Waals surface area contributed by atoms with Gasteiger partial charge in [0.05, 0.1) is 11.4 Å². The molecule has 3 heterocycles. The number of thiazole rings is 1. The van der Waals surface area contributed by atoms with Crippen LogP contribution < -0.4 is 16.8 Å². The zero-order valence-corrected chi connectivity index (χ0v) is 19.6. The number of carbonyl (C=O) groups is 1. The molecule has 0 saturated heterocycles. The molecule has 0 unspecified atom stereocenters. The Hall–Kier alpha value is -4.26. The van der Waals surface area contributed by atoms with E-state index in [-0.39, 0.29) is 23.0 Å². The van der Waals surface area contributed by atoms with Crippen molar-refractivity contribution in [1.82, 2.24) is 9.97 Å². The second-order valence-electron chi connectivity index (χ2n) is 7.61. The summed E-state index contributed by atoms with van der Waals surface area (Å²) < 4.78 is 0. The summed E-state index contributed by atoms with van der Waals surface area (Å²) in [5, 5.41) is 15.5. The number of rotatable bonds is 4. The summed E-state index contributed by atoms with van der Waals surface area (Å²) in [5.74, 6) is -0.285. The van der Waals surface area contributed by atoms with E-state index in [0.717, 1.165) is 33.7 Å². The Balaban J connectivity index is 1.56. The van der Waals surface area contributed by atoms with E-state index in [9.17, 15) is 10.1 Å². The SMILES string of the molecule is Cc1ccc(-c2c(C#N)c(N)nc3sc(C(=O)Nc4nc(-c5ccccc5)cs4)c(N)c23)cc1. The molecule has 9 heteroatoms. The van der Waals surface area contributed by atoms with Crippen LogP contribution >= 0.6 is 22.7 Å². The fourth-order valence-electron chi connectivity index (χ4n) is 3.69. The number of nitrogens with zero attached hydrogens (tertiary/aromatic N) is 3. The van der Waals surface area contributed by atoms with Crippen LogP contribution in [0.15, 0.2) is 60.0 Å². The Kier molecular flexibility index (Phi) is 5.45. The standard InChI is InChI=1S/C25H18N6OS2/c1-13-7-9-15(10-8-13)18-16(11-26)22(28)30-24-19(18)20(27)21(34-24)23(32)31-25-29-17(12-33-25)14-5-3-2-4-6-14/h2-10,12H,27H2,1H3,(H2,28,30)(H,29,31,32). The van der Waals surface area contributed by atoms with Crippen LogP contribution in [0.4, 0.5) is 16.6 Å². The second kappa shape index (κ2) is 8.59. The number of nitrogen functional groups attached to an aromatic ring is 2. The number of pyridine rings is 1. The largest absolute Gasteiger partial charge is 0.397 e. The van der Waals surface area contributed by atoms with E-state index in [0.29, 0.717) is 25.8 Å². The number of nitrogens with one attached hydrogen (secondary N) is 1. The van der Waals surface area contributed by atoms with Gasteiger partial charge in [-0.15, -0.1) is 22.7 Å². The van der Waals surface area contributed by atoms with Gasteiger partial charge in [-0.05, 0) is 12.5 Å². The Labute approximate surface area is 203 Å². The number of anilines is 3. The lowest BCUT2D eigenvalue weighted by molar-refractivity contribution is 0.103. The molecule has 34 heavy (non-hydrogen) atoms. The van der Waals surface area contributed by atoms with E-state index in [1.807, 2.05) is 66.9 Å². The molecular weight excluding hydrogens is 464 g/mol. The van der Waals surface area contributed by atoms with Crippen LogP contribution in [-0.4, -0.2) is 15.9 Å². The maximum Gasteiger partial charge on any atom is 0.269 e. The van der Waals surface area contributed by atoms with Gasteiger partial charge in [-0.3, -0.25) is 10.1 Å². The minimum atomic E-state index is -0.388. The summed E-state index contributed by atoms with van der Waals surface area (Å²) in [6, 6.07) is 19.6. The normalized spacial score (nSPS) is 10.8. The van der Waals surface area contributed by atoms with E-state index in [2.05, 4.69) is 21.4 Å². The fourth-order valence-corrected chi connectivity index (χ4v) is 5.41. The highest BCUT2D eigenvalue weighted by molar-refractivity contribution is 7.21. The van der Waals surface area contributed by atoms with Crippen molar-refractivity contribution in [3.8, 4) is 28.5 Å². The van der Waals surface area contributed by atoms with Gasteiger partial charge in [0.25, 0.3) is 5.91 Å². The lowest BCUT2D eigenvalue weighted by Crippen LogP contribution is -2.11. The van der Waals surface area contributed by atoms with Gasteiger partial charge < -0.3 is 11.5 Å². The molecule has 0 aliphatic carbocycles. The molecule has 0 fully saturated rings. The second-order valence-corrected chi connectivity index (χ2v) is 9.47. The number of amides is 1. The summed E-state index contributed by atoms with van der Waals surface area (Å²) in [7, 11) is 0. The lowest BCUT2D eigenvalue weighted by atomic mass is 9.96. The molecule has 166 valence electrons. The molecule has 0 saturated carbocycles. The van der Waals surface area contributed by atoms with Crippen molar-refractivity contribution < 1.29 is 4.79 Å². The number of nitrogens with two attached hydrogens (primary N) is 2. The summed E-state index contributed by atoms with van der Waals surface area (Å²) >= 11 is 2.47. The van der Waals surface area contributed by atoms with Crippen LogP contribution in [0.3, 0.4) is 0 Å². The van der Waals surface area contributed by atoms with E-state index in [1.54, 1.807) is 0 Å². The van der Waals surface area contributed by atoms with Crippen molar-refractivity contribution in [1.29, 1.82) is 5.26 Å². The predicted octanol–water partition coefficient (Wildman–Crippen LogP) is 5.68. The van der Waals surface area contributed by atoms with Crippen LogP contribution in [0.1, 0.15) is 20.8 Å². The fraction of sp³-hybridized carbons (Fsp3) is 0.0400. The molecule has 0 atom stereocenters. The smallest absolute Gasteiger partial charge is 0.269 e. The van der Waals surface area contributed by atoms with Crippen molar-refractivity contribution in [2.45, 2.75) is 6.92 Å². The molecule has 1 amide bonds. The predicted molar refractivity (Wildman–Crippen MR) is 139 cm³/mol. The lowest BCUT2D eigenvalue weighted by Gasteiger charge is -2.10. The molecule has 2 aromatic carbocycles. The van der Waals surface area contributed by atoms with E-state index in [4.69, 9.17) is 11.5 Å². The first-order valence-corrected chi connectivity index (χ1v) is 12.0. The van der Waals surface area contributed by atoms with Crippen molar-refractivity contribution in [3.05, 3.63) is 76.0 Å². The highest BCUT2D eigenvalue weighted by Crippen LogP contribution is 2.43. The molecule has 0 aliphatic heterocycles. The minimum Gasteiger partial charge on any atom is -0.397 e. The number of hydrogen-bond donors (Lipinski definition) is 3. The van der Waals surface area contributed by atoms with Crippen LogP contribution in [0.25, 0.3) is 32.6 Å². The summed E-state index contributed by atoms with van der Waals surface area (Å²) in [5.41, 5.74) is 17.3. The molecule has 3 aromatic heterocycles. The van der Waals surface area contributed by atoms with E-state index >= 15 is 0 Å². The van der Waals surface area contributed by atoms with Crippen molar-refractivity contribution >= 4 is 55.4 Å². The molecule has 5 rings (SSSR count). The monoisotopic (exact) mass is 482 g/mol. The number of aryl methyl sites for hydroxylation is 1. The third-order valence-electron chi connectivity index (χ3n) is 5.36. The first-order chi connectivity index (χ1) is 16.5. The highest BCUT2D eigenvalue weighted by atomic mass is 32.1. The van der Waals surface area contributed by atoms with Crippen LogP contribution in [-0.2, 0) is 0 Å². The Morgan fingerprint density at radius 3 is 2.47 bits per heavy atom. The summed E-state index contributed by atoms with van der Waals surface area (Å²) in [6.07, 6.45) is 0. The number of aromatic nitrogens is 2. The number of hydrogen-bond acceptors (Lipinski definition) is 8. The van der Waals surface area contributed by atoms with Gasteiger partial charge in [-0.2, -0.15) is 5.26 Å². The van der Waals surface area contributed by atoms with E-state index in [1.165, 1.54) is 11.3 Å². The molecule has 0 aliphatic rings. The highest BCUT2D eigenvalue weighted by Gasteiger charge is 2.24. The molecule has 0 spiro atoms. The van der Waals surface area contributed by atoms with Gasteiger partial charge in [0, 0.05) is 21.9 Å². The Morgan fingerprint density at radius 1 is 1.03 bits per heavy atom. The van der Waals surface area contributed by atoms with Crippen molar-refractivity contribution in [2.75, 3.05) is 16.8 Å². The number of nitriles is 1. The Morgan fingerprint density at radius 2 is 1.76 bits per heavy atom. The zero-order chi connectivity index (χ0) is 23.8. The molecule has 0 bridgehead atoms. The molecule has 5 aromatic rings. The summed E-state index contributed by atoms with van der Waals surface area (Å²) in [6.45, 7) is 1.98. The van der Waals surface area contributed by atoms with E-state index < -0.39 is 0 Å². The van der Waals surface area contributed by atoms with Crippen molar-refractivity contribution in [2.24, 2.45) is 0 Å². The average Bonchev–Trinajstić information content (AvgIpc) is 3.44. The maximum atomic E-state index is 13.1. The molecule has 0 radical (unpaired) electrons. The quantitative estimate of drug-likeness (QED) is 0.302. The third-order valence-corrected chi connectivity index (χ3v) is 7.21. The van der Waals surface area contributed by atoms with Crippen molar-refractivity contribution in [3.63, 3.8) is 0 Å². The van der Waals surface area contributed by atoms with Gasteiger partial charge in [0.1, 0.15) is 27.2 Å². The molecule has 7 nitrogen and oxygen atoms in total. The summed E-state index contributed by atoms with van der Waals surface area (Å²) in [4.78, 5) is 22.8. The van der Waals surface area contributed by atoms with Crippen LogP contribution in [0.2, 0.25) is 0 Å². The van der Waals surface area contributed by atoms with Gasteiger partial charge in [0.15, 0.2) is 5.13 Å². The number of fused-ring (bicyclic) bond motifs is 1. The third kappa shape index (κ3) is 3.75. The topological polar surface area (TPSA) is 131 Å². The van der Waals surface area contributed by atoms with Gasteiger partial charge >= 0.3 is 0 Å². The van der Waals surface area contributed by atoms with Crippen LogP contribution in [0, 0.1) is 18.3 Å². The first kappa shape index (κ1) is 21.6. The maximum absolute atomic E-state index is 13.1. The van der Waals surface area contributed by atoms with Gasteiger partial charge in [-0.1, -0.05) is 60.2 Å². The minimum absolute atomic E-state index is 0.103. The first-order valence-electron chi connectivity index (χ1n) is 10.3. The van der Waals surface area contributed by atoms with Gasteiger partial charge in [0.2, 0.25) is 0 Å².